The molecule has 0 aliphatic carbocycles. The van der Waals surface area contributed by atoms with Crippen molar-refractivity contribution in [1.29, 1.82) is 0 Å². The van der Waals surface area contributed by atoms with Crippen LogP contribution in [0.5, 0.6) is 5.75 Å². The second kappa shape index (κ2) is 6.88. The molecular formula is C13H13Br2N3O. The van der Waals surface area contributed by atoms with E-state index >= 15 is 0 Å². The summed E-state index contributed by atoms with van der Waals surface area (Å²) in [5, 5.41) is 3.23. The highest BCUT2D eigenvalue weighted by atomic mass is 79.9. The summed E-state index contributed by atoms with van der Waals surface area (Å²) in [5.74, 6) is 1.53. The van der Waals surface area contributed by atoms with Crippen molar-refractivity contribution in [3.63, 3.8) is 0 Å². The number of nitrogens with one attached hydrogen (secondary N) is 1. The lowest BCUT2D eigenvalue weighted by Crippen LogP contribution is -2.10. The molecule has 0 saturated heterocycles. The number of hydrogen-bond acceptors (Lipinski definition) is 4. The van der Waals surface area contributed by atoms with Gasteiger partial charge < -0.3 is 15.8 Å². The van der Waals surface area contributed by atoms with Crippen LogP contribution in [0.3, 0.4) is 0 Å². The number of nitrogens with two attached hydrogens (primary N) is 1. The standard InChI is InChI=1S/C13H13Br2N3O/c14-9-6-12(15)13(17-8-9)18-10-2-1-3-11(7-10)19-5-4-16/h1-3,6-8H,4-5,16H2,(H,17,18). The molecule has 6 heteroatoms. The number of anilines is 2. The monoisotopic (exact) mass is 385 g/mol. The summed E-state index contributed by atoms with van der Waals surface area (Å²) in [4.78, 5) is 4.30. The van der Waals surface area contributed by atoms with Crippen LogP contribution < -0.4 is 15.8 Å². The normalized spacial score (nSPS) is 10.3. The van der Waals surface area contributed by atoms with Crippen molar-refractivity contribution >= 4 is 43.4 Å². The lowest BCUT2D eigenvalue weighted by atomic mass is 10.3. The second-order valence-corrected chi connectivity index (χ2v) is 5.54. The van der Waals surface area contributed by atoms with Gasteiger partial charge in [0.05, 0.1) is 4.47 Å². The second-order valence-electron chi connectivity index (χ2n) is 3.77. The summed E-state index contributed by atoms with van der Waals surface area (Å²) in [6.45, 7) is 1.00. The van der Waals surface area contributed by atoms with Gasteiger partial charge in [-0.25, -0.2) is 4.98 Å². The smallest absolute Gasteiger partial charge is 0.144 e. The van der Waals surface area contributed by atoms with E-state index in [-0.39, 0.29) is 0 Å². The lowest BCUT2D eigenvalue weighted by Gasteiger charge is -2.10. The molecule has 0 saturated carbocycles. The molecule has 0 aliphatic heterocycles. The summed E-state index contributed by atoms with van der Waals surface area (Å²) < 4.78 is 7.28. The Balaban J connectivity index is 2.14. The SMILES string of the molecule is NCCOc1cccc(Nc2ncc(Br)cc2Br)c1. The molecule has 0 unspecified atom stereocenters. The largest absolute Gasteiger partial charge is 0.492 e. The van der Waals surface area contributed by atoms with Gasteiger partial charge in [-0.1, -0.05) is 6.07 Å². The highest BCUT2D eigenvalue weighted by Crippen LogP contribution is 2.27. The Kier molecular flexibility index (Phi) is 5.18. The minimum absolute atomic E-state index is 0.497. The topological polar surface area (TPSA) is 60.2 Å². The molecule has 1 aromatic carbocycles. The molecule has 2 rings (SSSR count). The van der Waals surface area contributed by atoms with Gasteiger partial charge >= 0.3 is 0 Å². The minimum Gasteiger partial charge on any atom is -0.492 e. The van der Waals surface area contributed by atoms with Crippen LogP contribution in [0.2, 0.25) is 0 Å². The number of rotatable bonds is 5. The number of ether oxygens (including phenoxy) is 1. The van der Waals surface area contributed by atoms with Gasteiger partial charge in [0.25, 0.3) is 0 Å². The summed E-state index contributed by atoms with van der Waals surface area (Å²) >= 11 is 6.83. The summed E-state index contributed by atoms with van der Waals surface area (Å²) in [7, 11) is 0. The van der Waals surface area contributed by atoms with Gasteiger partial charge in [0, 0.05) is 29.0 Å². The number of benzene rings is 1. The molecule has 19 heavy (non-hydrogen) atoms. The first-order chi connectivity index (χ1) is 9.19. The van der Waals surface area contributed by atoms with Crippen LogP contribution >= 0.6 is 31.9 Å². The zero-order chi connectivity index (χ0) is 13.7. The quantitative estimate of drug-likeness (QED) is 0.822. The number of aromatic nitrogens is 1. The van der Waals surface area contributed by atoms with Crippen LogP contribution in [-0.2, 0) is 0 Å². The highest BCUT2D eigenvalue weighted by Gasteiger charge is 2.03. The molecule has 100 valence electrons. The minimum atomic E-state index is 0.497. The fraction of sp³-hybridized carbons (Fsp3) is 0.154. The average molecular weight is 387 g/mol. The Morgan fingerprint density at radius 2 is 2.11 bits per heavy atom. The molecule has 0 radical (unpaired) electrons. The summed E-state index contributed by atoms with van der Waals surface area (Å²) in [6.07, 6.45) is 1.74. The highest BCUT2D eigenvalue weighted by molar-refractivity contribution is 9.11. The van der Waals surface area contributed by atoms with Crippen molar-refractivity contribution in [2.75, 3.05) is 18.5 Å². The first-order valence-electron chi connectivity index (χ1n) is 5.70. The third kappa shape index (κ3) is 4.19. The molecule has 0 atom stereocenters. The summed E-state index contributed by atoms with van der Waals surface area (Å²) in [5.41, 5.74) is 6.32. The molecular weight excluding hydrogens is 374 g/mol. The van der Waals surface area contributed by atoms with Gasteiger partial charge in [-0.2, -0.15) is 0 Å². The van der Waals surface area contributed by atoms with E-state index in [4.69, 9.17) is 10.5 Å². The van der Waals surface area contributed by atoms with E-state index in [0.717, 1.165) is 26.2 Å². The fourth-order valence-electron chi connectivity index (χ4n) is 1.48. The van der Waals surface area contributed by atoms with Gasteiger partial charge in [-0.3, -0.25) is 0 Å². The van der Waals surface area contributed by atoms with Crippen molar-refractivity contribution in [2.45, 2.75) is 0 Å². The van der Waals surface area contributed by atoms with Crippen molar-refractivity contribution in [3.05, 3.63) is 45.5 Å². The Morgan fingerprint density at radius 3 is 2.84 bits per heavy atom. The van der Waals surface area contributed by atoms with Crippen molar-refractivity contribution < 1.29 is 4.74 Å². The van der Waals surface area contributed by atoms with E-state index in [2.05, 4.69) is 42.2 Å². The number of halogens is 2. The number of pyridine rings is 1. The third-order valence-corrected chi connectivity index (χ3v) is 3.33. The zero-order valence-corrected chi connectivity index (χ0v) is 13.2. The predicted molar refractivity (Wildman–Crippen MR) is 83.9 cm³/mol. The Bertz CT molecular complexity index is 563. The first kappa shape index (κ1) is 14.3. The van der Waals surface area contributed by atoms with Crippen LogP contribution in [0.15, 0.2) is 45.5 Å². The number of nitrogens with zero attached hydrogens (tertiary/aromatic N) is 1. The Labute approximate surface area is 128 Å². The van der Waals surface area contributed by atoms with E-state index in [1.165, 1.54) is 0 Å². The molecule has 0 aliphatic rings. The van der Waals surface area contributed by atoms with Crippen molar-refractivity contribution in [2.24, 2.45) is 5.73 Å². The molecule has 2 aromatic rings. The zero-order valence-electron chi connectivity index (χ0n) is 10.1. The molecule has 4 nitrogen and oxygen atoms in total. The third-order valence-electron chi connectivity index (χ3n) is 2.29. The summed E-state index contributed by atoms with van der Waals surface area (Å²) in [6, 6.07) is 9.60. The van der Waals surface area contributed by atoms with Crippen LogP contribution in [0.1, 0.15) is 0 Å². The molecule has 0 amide bonds. The number of hydrogen-bond donors (Lipinski definition) is 2. The molecule has 3 N–H and O–H groups in total. The van der Waals surface area contributed by atoms with Crippen LogP contribution in [0.25, 0.3) is 0 Å². The van der Waals surface area contributed by atoms with Gasteiger partial charge in [-0.15, -0.1) is 0 Å². The Morgan fingerprint density at radius 1 is 1.26 bits per heavy atom. The van der Waals surface area contributed by atoms with Crippen LogP contribution in [-0.4, -0.2) is 18.1 Å². The van der Waals surface area contributed by atoms with Crippen molar-refractivity contribution in [1.82, 2.24) is 4.98 Å². The van der Waals surface area contributed by atoms with E-state index < -0.39 is 0 Å². The molecule has 1 heterocycles. The van der Waals surface area contributed by atoms with Gasteiger partial charge in [-0.05, 0) is 50.1 Å². The van der Waals surface area contributed by atoms with E-state index in [0.29, 0.717) is 13.2 Å². The Hall–Kier alpha value is -1.11. The van der Waals surface area contributed by atoms with Gasteiger partial charge in [0.15, 0.2) is 0 Å². The average Bonchev–Trinajstić information content (AvgIpc) is 2.40. The first-order valence-corrected chi connectivity index (χ1v) is 7.28. The van der Waals surface area contributed by atoms with Gasteiger partial charge in [0.2, 0.25) is 0 Å². The maximum Gasteiger partial charge on any atom is 0.144 e. The maximum absolute atomic E-state index is 5.48. The van der Waals surface area contributed by atoms with E-state index in [1.54, 1.807) is 6.20 Å². The van der Waals surface area contributed by atoms with E-state index in [9.17, 15) is 0 Å². The van der Waals surface area contributed by atoms with Crippen molar-refractivity contribution in [3.8, 4) is 5.75 Å². The van der Waals surface area contributed by atoms with Crippen LogP contribution in [0.4, 0.5) is 11.5 Å². The molecule has 1 aromatic heterocycles. The molecule has 0 bridgehead atoms. The lowest BCUT2D eigenvalue weighted by molar-refractivity contribution is 0.328. The van der Waals surface area contributed by atoms with Crippen LogP contribution in [0, 0.1) is 0 Å². The molecule has 0 spiro atoms. The van der Waals surface area contributed by atoms with Gasteiger partial charge in [0.1, 0.15) is 18.2 Å². The maximum atomic E-state index is 5.48. The molecule has 0 fully saturated rings. The van der Waals surface area contributed by atoms with E-state index in [1.807, 2.05) is 30.3 Å². The predicted octanol–water partition coefficient (Wildman–Crippen LogP) is 3.69. The fourth-order valence-corrected chi connectivity index (χ4v) is 2.57.